The largest absolute Gasteiger partial charge is 0.468 e. The molecule has 0 bridgehead atoms. The summed E-state index contributed by atoms with van der Waals surface area (Å²) >= 11 is 0. The summed E-state index contributed by atoms with van der Waals surface area (Å²) in [6, 6.07) is 1.43. The van der Waals surface area contributed by atoms with Gasteiger partial charge in [-0.3, -0.25) is 9.00 Å². The second kappa shape index (κ2) is 5.55. The Balaban J connectivity index is 2.65. The standard InChI is InChI=1S/C10H12F3NO3S/c1-6-8(3-4-17-6)18(16)7(2)9(15)14-5-10(11,12)13/h3-4,7H,5H2,1-2H3,(H,14,15)/t7-,18-/m1/s1. The fraction of sp³-hybridized carbons (Fsp3) is 0.500. The van der Waals surface area contributed by atoms with Gasteiger partial charge in [-0.1, -0.05) is 0 Å². The molecule has 1 heterocycles. The van der Waals surface area contributed by atoms with Crippen molar-refractivity contribution in [2.24, 2.45) is 0 Å². The lowest BCUT2D eigenvalue weighted by molar-refractivity contribution is -0.137. The molecule has 0 saturated carbocycles. The predicted molar refractivity (Wildman–Crippen MR) is 58.4 cm³/mol. The number of amides is 1. The Morgan fingerprint density at radius 1 is 1.56 bits per heavy atom. The van der Waals surface area contributed by atoms with Gasteiger partial charge in [0.2, 0.25) is 5.91 Å². The van der Waals surface area contributed by atoms with Crippen LogP contribution in [0.4, 0.5) is 13.2 Å². The molecule has 18 heavy (non-hydrogen) atoms. The summed E-state index contributed by atoms with van der Waals surface area (Å²) in [5.41, 5.74) is 0. The molecule has 0 aliphatic rings. The minimum atomic E-state index is -4.48. The fourth-order valence-corrected chi connectivity index (χ4v) is 2.38. The Morgan fingerprint density at radius 3 is 2.61 bits per heavy atom. The monoisotopic (exact) mass is 283 g/mol. The number of carbonyl (C=O) groups is 1. The van der Waals surface area contributed by atoms with Crippen molar-refractivity contribution in [2.75, 3.05) is 6.54 Å². The van der Waals surface area contributed by atoms with Crippen LogP contribution in [0.1, 0.15) is 12.7 Å². The van der Waals surface area contributed by atoms with Crippen LogP contribution in [0.15, 0.2) is 21.6 Å². The zero-order valence-electron chi connectivity index (χ0n) is 9.71. The number of carbonyl (C=O) groups excluding carboxylic acids is 1. The third-order valence-corrected chi connectivity index (χ3v) is 3.89. The van der Waals surface area contributed by atoms with E-state index in [1.165, 1.54) is 19.3 Å². The van der Waals surface area contributed by atoms with Crippen molar-refractivity contribution >= 4 is 16.7 Å². The lowest BCUT2D eigenvalue weighted by Gasteiger charge is -2.13. The first-order valence-corrected chi connectivity index (χ1v) is 6.23. The van der Waals surface area contributed by atoms with E-state index in [-0.39, 0.29) is 0 Å². The minimum absolute atomic E-state index is 0.310. The van der Waals surface area contributed by atoms with Crippen LogP contribution in [0.25, 0.3) is 0 Å². The van der Waals surface area contributed by atoms with Gasteiger partial charge in [0.05, 0.1) is 22.0 Å². The Hall–Kier alpha value is -1.31. The van der Waals surface area contributed by atoms with E-state index in [4.69, 9.17) is 4.42 Å². The highest BCUT2D eigenvalue weighted by Gasteiger charge is 2.30. The van der Waals surface area contributed by atoms with E-state index < -0.39 is 34.7 Å². The zero-order valence-corrected chi connectivity index (χ0v) is 10.5. The Morgan fingerprint density at radius 2 is 2.17 bits per heavy atom. The average Bonchev–Trinajstić information content (AvgIpc) is 2.69. The van der Waals surface area contributed by atoms with Gasteiger partial charge in [-0.2, -0.15) is 13.2 Å². The van der Waals surface area contributed by atoms with E-state index in [1.54, 1.807) is 12.2 Å². The van der Waals surface area contributed by atoms with Crippen LogP contribution < -0.4 is 5.32 Å². The number of rotatable bonds is 4. The van der Waals surface area contributed by atoms with Crippen molar-refractivity contribution in [1.82, 2.24) is 5.32 Å². The van der Waals surface area contributed by atoms with Gasteiger partial charge in [0.25, 0.3) is 0 Å². The molecule has 1 rings (SSSR count). The molecule has 0 fully saturated rings. The van der Waals surface area contributed by atoms with Gasteiger partial charge in [0.1, 0.15) is 17.6 Å². The Bertz CT molecular complexity index is 455. The molecule has 4 nitrogen and oxygen atoms in total. The molecule has 2 atom stereocenters. The smallest absolute Gasteiger partial charge is 0.405 e. The van der Waals surface area contributed by atoms with E-state index in [1.807, 2.05) is 0 Å². The van der Waals surface area contributed by atoms with Gasteiger partial charge in [-0.25, -0.2) is 0 Å². The first-order chi connectivity index (χ1) is 8.22. The quantitative estimate of drug-likeness (QED) is 0.916. The molecule has 1 amide bonds. The van der Waals surface area contributed by atoms with Crippen LogP contribution in [-0.4, -0.2) is 28.1 Å². The highest BCUT2D eigenvalue weighted by molar-refractivity contribution is 7.86. The topological polar surface area (TPSA) is 59.3 Å². The van der Waals surface area contributed by atoms with Gasteiger partial charge in [-0.05, 0) is 19.9 Å². The molecule has 1 N–H and O–H groups in total. The van der Waals surface area contributed by atoms with Gasteiger partial charge >= 0.3 is 6.18 Å². The van der Waals surface area contributed by atoms with Crippen LogP contribution in [0.5, 0.6) is 0 Å². The molecular weight excluding hydrogens is 271 g/mol. The number of hydrogen-bond donors (Lipinski definition) is 1. The summed E-state index contributed by atoms with van der Waals surface area (Å²) in [5, 5.41) is 0.617. The van der Waals surface area contributed by atoms with E-state index in [0.29, 0.717) is 10.7 Å². The van der Waals surface area contributed by atoms with Crippen LogP contribution in [-0.2, 0) is 15.6 Å². The number of hydrogen-bond acceptors (Lipinski definition) is 3. The molecule has 0 unspecified atom stereocenters. The molecule has 0 spiro atoms. The lowest BCUT2D eigenvalue weighted by Crippen LogP contribution is -2.40. The minimum Gasteiger partial charge on any atom is -0.468 e. The first-order valence-electron chi connectivity index (χ1n) is 5.01. The maximum absolute atomic E-state index is 11.9. The third kappa shape index (κ3) is 3.86. The van der Waals surface area contributed by atoms with Gasteiger partial charge < -0.3 is 9.73 Å². The van der Waals surface area contributed by atoms with E-state index in [9.17, 15) is 22.2 Å². The van der Waals surface area contributed by atoms with Crippen LogP contribution in [0, 0.1) is 6.92 Å². The maximum atomic E-state index is 11.9. The third-order valence-electron chi connectivity index (χ3n) is 2.18. The van der Waals surface area contributed by atoms with E-state index >= 15 is 0 Å². The summed E-state index contributed by atoms with van der Waals surface area (Å²) in [4.78, 5) is 11.7. The Kier molecular flexibility index (Phi) is 4.55. The van der Waals surface area contributed by atoms with E-state index in [0.717, 1.165) is 0 Å². The molecule has 0 aliphatic heterocycles. The summed E-state index contributed by atoms with van der Waals surface area (Å²) in [6.07, 6.45) is -3.18. The SMILES string of the molecule is Cc1occc1[S@](=O)[C@H](C)C(=O)NCC(F)(F)F. The zero-order chi connectivity index (χ0) is 13.9. The van der Waals surface area contributed by atoms with Crippen molar-refractivity contribution in [3.63, 3.8) is 0 Å². The van der Waals surface area contributed by atoms with Crippen molar-refractivity contribution in [1.29, 1.82) is 0 Å². The first kappa shape index (κ1) is 14.7. The van der Waals surface area contributed by atoms with Crippen molar-refractivity contribution < 1.29 is 26.6 Å². The average molecular weight is 283 g/mol. The van der Waals surface area contributed by atoms with Crippen LogP contribution >= 0.6 is 0 Å². The van der Waals surface area contributed by atoms with Crippen LogP contribution in [0.3, 0.4) is 0 Å². The lowest BCUT2D eigenvalue weighted by atomic mass is 10.4. The number of furan rings is 1. The molecule has 0 saturated heterocycles. The fourth-order valence-electron chi connectivity index (χ4n) is 1.20. The molecule has 1 aromatic heterocycles. The second-order valence-electron chi connectivity index (χ2n) is 3.61. The molecule has 0 aromatic carbocycles. The maximum Gasteiger partial charge on any atom is 0.405 e. The second-order valence-corrected chi connectivity index (χ2v) is 5.36. The highest BCUT2D eigenvalue weighted by Crippen LogP contribution is 2.18. The summed E-state index contributed by atoms with van der Waals surface area (Å²) in [5.74, 6) is -0.532. The molecule has 0 aliphatic carbocycles. The number of aryl methyl sites for hydroxylation is 1. The normalized spacial score (nSPS) is 15.2. The Labute approximate surface area is 104 Å². The number of alkyl halides is 3. The van der Waals surface area contributed by atoms with Crippen molar-refractivity contribution in [3.8, 4) is 0 Å². The summed E-state index contributed by atoms with van der Waals surface area (Å²) in [6.45, 7) is 1.43. The summed E-state index contributed by atoms with van der Waals surface area (Å²) < 4.78 is 52.6. The molecule has 102 valence electrons. The summed E-state index contributed by atoms with van der Waals surface area (Å²) in [7, 11) is -1.74. The van der Waals surface area contributed by atoms with Gasteiger partial charge in [-0.15, -0.1) is 0 Å². The van der Waals surface area contributed by atoms with Crippen molar-refractivity contribution in [2.45, 2.75) is 30.2 Å². The predicted octanol–water partition coefficient (Wildman–Crippen LogP) is 1.76. The highest BCUT2D eigenvalue weighted by atomic mass is 32.2. The van der Waals surface area contributed by atoms with E-state index in [2.05, 4.69) is 0 Å². The van der Waals surface area contributed by atoms with Crippen molar-refractivity contribution in [3.05, 3.63) is 18.1 Å². The molecule has 8 heteroatoms. The van der Waals surface area contributed by atoms with Crippen LogP contribution in [0.2, 0.25) is 0 Å². The van der Waals surface area contributed by atoms with Gasteiger partial charge in [0, 0.05) is 0 Å². The molecule has 1 aromatic rings. The molecular formula is C10H12F3NO3S. The van der Waals surface area contributed by atoms with Gasteiger partial charge in [0.15, 0.2) is 0 Å². The number of nitrogens with one attached hydrogen (secondary N) is 1. The number of halogens is 3. The molecule has 0 radical (unpaired) electrons.